The van der Waals surface area contributed by atoms with Crippen molar-refractivity contribution in [3.8, 4) is 0 Å². The van der Waals surface area contributed by atoms with E-state index in [0.29, 0.717) is 6.42 Å². The average Bonchev–Trinajstić information content (AvgIpc) is 2.03. The maximum Gasteiger partial charge on any atom is 0.320 e. The molecule has 0 heterocycles. The van der Waals surface area contributed by atoms with Crippen molar-refractivity contribution in [1.29, 1.82) is 0 Å². The molecule has 0 saturated heterocycles. The lowest BCUT2D eigenvalue weighted by atomic mass is 10.3. The predicted molar refractivity (Wildman–Crippen MR) is 53.3 cm³/mol. The number of hydrogen-bond acceptors (Lipinski definition) is 3. The van der Waals surface area contributed by atoms with Gasteiger partial charge in [-0.3, -0.25) is 14.5 Å². The fourth-order valence-corrected chi connectivity index (χ4v) is 0.435. The molecule has 5 nitrogen and oxygen atoms in total. The van der Waals surface area contributed by atoms with Crippen molar-refractivity contribution in [2.75, 3.05) is 14.1 Å². The van der Waals surface area contributed by atoms with Gasteiger partial charge in [0.2, 0.25) is 0 Å². The van der Waals surface area contributed by atoms with Gasteiger partial charge >= 0.3 is 11.9 Å². The smallest absolute Gasteiger partial charge is 0.320 e. The Kier molecular flexibility index (Phi) is 9.33. The first-order valence-corrected chi connectivity index (χ1v) is 4.43. The summed E-state index contributed by atoms with van der Waals surface area (Å²) in [7, 11) is 3.47. The number of likely N-dealkylation sites (N-methyl/N-ethyl adjacent to an activating group) is 1. The van der Waals surface area contributed by atoms with E-state index in [1.165, 1.54) is 0 Å². The van der Waals surface area contributed by atoms with Gasteiger partial charge in [-0.2, -0.15) is 0 Å². The third kappa shape index (κ3) is 10.9. The first kappa shape index (κ1) is 15.4. The van der Waals surface area contributed by atoms with Crippen LogP contribution in [0.4, 0.5) is 0 Å². The minimum Gasteiger partial charge on any atom is -0.481 e. The minimum atomic E-state index is -0.782. The van der Waals surface area contributed by atoms with Crippen LogP contribution in [-0.4, -0.2) is 47.2 Å². The largest absolute Gasteiger partial charge is 0.481 e. The van der Waals surface area contributed by atoms with Crippen molar-refractivity contribution in [1.82, 2.24) is 4.90 Å². The van der Waals surface area contributed by atoms with Crippen LogP contribution in [0.2, 0.25) is 0 Å². The molecule has 1 unspecified atom stereocenters. The Balaban J connectivity index is 0. The fraction of sp³-hybridized carbons (Fsp3) is 0.778. The second kappa shape index (κ2) is 8.50. The molecular weight excluding hydrogens is 186 g/mol. The van der Waals surface area contributed by atoms with Gasteiger partial charge < -0.3 is 10.2 Å². The minimum absolute atomic E-state index is 0.292. The molecule has 5 heteroatoms. The maximum atomic E-state index is 10.1. The van der Waals surface area contributed by atoms with E-state index in [9.17, 15) is 9.59 Å². The van der Waals surface area contributed by atoms with Crippen molar-refractivity contribution < 1.29 is 19.8 Å². The molecular formula is C9H19NO4. The van der Waals surface area contributed by atoms with Crippen LogP contribution in [-0.2, 0) is 9.59 Å². The Morgan fingerprint density at radius 1 is 1.29 bits per heavy atom. The molecule has 0 aliphatic heterocycles. The highest BCUT2D eigenvalue weighted by molar-refractivity contribution is 5.72. The number of carboxylic acid groups (broad SMARTS) is 2. The zero-order valence-corrected chi connectivity index (χ0v) is 9.15. The Morgan fingerprint density at radius 3 is 1.71 bits per heavy atom. The fourth-order valence-electron chi connectivity index (χ4n) is 0.435. The van der Waals surface area contributed by atoms with Crippen molar-refractivity contribution in [2.24, 2.45) is 0 Å². The molecule has 0 saturated carbocycles. The molecule has 0 amide bonds. The molecule has 0 rings (SSSR count). The molecule has 14 heavy (non-hydrogen) atoms. The average molecular weight is 205 g/mol. The molecule has 1 atom stereocenters. The van der Waals surface area contributed by atoms with Crippen molar-refractivity contribution in [2.45, 2.75) is 32.7 Å². The van der Waals surface area contributed by atoms with Crippen LogP contribution < -0.4 is 0 Å². The monoisotopic (exact) mass is 205 g/mol. The Hall–Kier alpha value is -1.10. The van der Waals surface area contributed by atoms with Gasteiger partial charge in [0, 0.05) is 6.42 Å². The van der Waals surface area contributed by atoms with Crippen molar-refractivity contribution in [3.05, 3.63) is 0 Å². The number of rotatable bonds is 4. The molecule has 0 spiro atoms. The normalized spacial score (nSPS) is 11.5. The highest BCUT2D eigenvalue weighted by Crippen LogP contribution is 1.88. The van der Waals surface area contributed by atoms with E-state index in [4.69, 9.17) is 10.2 Å². The first-order chi connectivity index (χ1) is 6.32. The summed E-state index contributed by atoms with van der Waals surface area (Å²) < 4.78 is 0. The second-order valence-electron chi connectivity index (χ2n) is 3.12. The van der Waals surface area contributed by atoms with Crippen molar-refractivity contribution >= 4 is 11.9 Å². The molecule has 0 fully saturated rings. The highest BCUT2D eigenvalue weighted by Gasteiger charge is 2.11. The van der Waals surface area contributed by atoms with Crippen LogP contribution >= 0.6 is 0 Å². The van der Waals surface area contributed by atoms with E-state index in [1.807, 2.05) is 6.92 Å². The zero-order valence-electron chi connectivity index (χ0n) is 9.15. The molecule has 0 radical (unpaired) electrons. The van der Waals surface area contributed by atoms with Gasteiger partial charge in [0.05, 0.1) is 0 Å². The van der Waals surface area contributed by atoms with Gasteiger partial charge in [-0.1, -0.05) is 6.92 Å². The zero-order chi connectivity index (χ0) is 11.7. The van der Waals surface area contributed by atoms with Crippen LogP contribution in [0.15, 0.2) is 0 Å². The topological polar surface area (TPSA) is 77.8 Å². The number of aliphatic carboxylic acids is 2. The Morgan fingerprint density at radius 2 is 1.71 bits per heavy atom. The molecule has 0 aromatic rings. The summed E-state index contributed by atoms with van der Waals surface area (Å²) in [6.07, 6.45) is 1.02. The quantitative estimate of drug-likeness (QED) is 0.712. The molecule has 0 bridgehead atoms. The first-order valence-electron chi connectivity index (χ1n) is 4.43. The third-order valence-corrected chi connectivity index (χ3v) is 1.60. The van der Waals surface area contributed by atoms with Gasteiger partial charge in [-0.15, -0.1) is 0 Å². The summed E-state index contributed by atoms with van der Waals surface area (Å²) in [5.74, 6) is -1.49. The number of nitrogens with zero attached hydrogens (tertiary/aromatic N) is 1. The molecule has 0 aromatic carbocycles. The van der Waals surface area contributed by atoms with Gasteiger partial charge in [0.25, 0.3) is 0 Å². The lowest BCUT2D eigenvalue weighted by molar-refractivity contribution is -0.141. The SMILES string of the molecule is CC(C(=O)O)N(C)C.CCCC(=O)O. The van der Waals surface area contributed by atoms with E-state index in [-0.39, 0.29) is 6.04 Å². The van der Waals surface area contributed by atoms with Crippen molar-refractivity contribution in [3.63, 3.8) is 0 Å². The molecule has 2 N–H and O–H groups in total. The predicted octanol–water partition coefficient (Wildman–Crippen LogP) is 0.892. The van der Waals surface area contributed by atoms with Gasteiger partial charge in [-0.05, 0) is 27.4 Å². The summed E-state index contributed by atoms with van der Waals surface area (Å²) in [4.78, 5) is 21.3. The van der Waals surface area contributed by atoms with Crippen LogP contribution in [0, 0.1) is 0 Å². The Labute approximate surface area is 84.3 Å². The van der Waals surface area contributed by atoms with Gasteiger partial charge in [0.15, 0.2) is 0 Å². The summed E-state index contributed by atoms with van der Waals surface area (Å²) >= 11 is 0. The lowest BCUT2D eigenvalue weighted by Crippen LogP contribution is -2.32. The second-order valence-corrected chi connectivity index (χ2v) is 3.12. The van der Waals surface area contributed by atoms with E-state index in [2.05, 4.69) is 0 Å². The molecule has 0 aliphatic rings. The van der Waals surface area contributed by atoms with Crippen LogP contribution in [0.5, 0.6) is 0 Å². The van der Waals surface area contributed by atoms with E-state index in [1.54, 1.807) is 25.9 Å². The molecule has 0 aromatic heterocycles. The third-order valence-electron chi connectivity index (χ3n) is 1.60. The van der Waals surface area contributed by atoms with Crippen LogP contribution in [0.3, 0.4) is 0 Å². The summed E-state index contributed by atoms with van der Waals surface area (Å²) in [5, 5.41) is 16.2. The lowest BCUT2D eigenvalue weighted by Gasteiger charge is -2.13. The summed E-state index contributed by atoms with van der Waals surface area (Å²) in [5.41, 5.74) is 0. The Bertz CT molecular complexity index is 180. The van der Waals surface area contributed by atoms with E-state index in [0.717, 1.165) is 6.42 Å². The molecule has 0 aliphatic carbocycles. The van der Waals surface area contributed by atoms with E-state index >= 15 is 0 Å². The standard InChI is InChI=1S/C5H11NO2.C4H8O2/c1-4(5(7)8)6(2)3;1-2-3-4(5)6/h4H,1-3H3,(H,7,8);2-3H2,1H3,(H,5,6). The summed E-state index contributed by atoms with van der Waals surface area (Å²) in [6.45, 7) is 3.48. The van der Waals surface area contributed by atoms with Crippen LogP contribution in [0.1, 0.15) is 26.7 Å². The highest BCUT2D eigenvalue weighted by atomic mass is 16.4. The van der Waals surface area contributed by atoms with Gasteiger partial charge in [0.1, 0.15) is 6.04 Å². The van der Waals surface area contributed by atoms with Crippen LogP contribution in [0.25, 0.3) is 0 Å². The molecule has 84 valence electrons. The summed E-state index contributed by atoms with van der Waals surface area (Å²) in [6, 6.07) is -0.380. The van der Waals surface area contributed by atoms with E-state index < -0.39 is 11.9 Å². The maximum absolute atomic E-state index is 10.1. The number of hydrogen-bond donors (Lipinski definition) is 2. The van der Waals surface area contributed by atoms with Gasteiger partial charge in [-0.25, -0.2) is 0 Å². The number of carboxylic acids is 2. The number of carbonyl (C=O) groups is 2.